The van der Waals surface area contributed by atoms with Gasteiger partial charge in [-0.05, 0) is 36.8 Å². The van der Waals surface area contributed by atoms with Crippen LogP contribution in [0.4, 0.5) is 0 Å². The molecule has 152 valence electrons. The smallest absolute Gasteiger partial charge is 0.338 e. The molecule has 0 amide bonds. The van der Waals surface area contributed by atoms with Crippen molar-refractivity contribution < 1.29 is 27.2 Å². The number of carbonyl (C=O) groups is 1. The van der Waals surface area contributed by atoms with E-state index >= 15 is 0 Å². The molecule has 10 nitrogen and oxygen atoms in total. The predicted octanol–water partition coefficient (Wildman–Crippen LogP) is 1.58. The summed E-state index contributed by atoms with van der Waals surface area (Å²) in [5.74, 6) is 0.198. The topological polar surface area (TPSA) is 148 Å². The predicted molar refractivity (Wildman–Crippen MR) is 100 cm³/mol. The average Bonchev–Trinajstić information content (AvgIpc) is 3.19. The van der Waals surface area contributed by atoms with Crippen LogP contribution in [0.2, 0.25) is 0 Å². The van der Waals surface area contributed by atoms with Crippen molar-refractivity contribution in [1.29, 1.82) is 0 Å². The van der Waals surface area contributed by atoms with Gasteiger partial charge in [-0.15, -0.1) is 0 Å². The Kier molecular flexibility index (Phi) is 6.20. The van der Waals surface area contributed by atoms with Crippen LogP contribution in [0.3, 0.4) is 0 Å². The van der Waals surface area contributed by atoms with Crippen LogP contribution >= 0.6 is 0 Å². The zero-order valence-electron chi connectivity index (χ0n) is 15.4. The van der Waals surface area contributed by atoms with Crippen molar-refractivity contribution in [2.24, 2.45) is 5.14 Å². The van der Waals surface area contributed by atoms with Gasteiger partial charge in [0, 0.05) is 24.4 Å². The number of sulfonamides is 1. The maximum Gasteiger partial charge on any atom is 0.338 e. The molecule has 0 saturated heterocycles. The molecule has 0 aliphatic carbocycles. The fraction of sp³-hybridized carbons (Fsp3) is 0.222. The molecule has 0 unspecified atom stereocenters. The number of rotatable bonds is 8. The Morgan fingerprint density at radius 1 is 1.28 bits per heavy atom. The number of aryl methyl sites for hydroxylation is 1. The molecule has 29 heavy (non-hydrogen) atoms. The molecule has 0 radical (unpaired) electrons. The van der Waals surface area contributed by atoms with Gasteiger partial charge in [-0.25, -0.2) is 18.4 Å². The molecule has 0 saturated carbocycles. The van der Waals surface area contributed by atoms with Gasteiger partial charge in [-0.2, -0.15) is 4.98 Å². The zero-order chi connectivity index (χ0) is 20.9. The van der Waals surface area contributed by atoms with Crippen molar-refractivity contribution in [3.63, 3.8) is 0 Å². The van der Waals surface area contributed by atoms with Gasteiger partial charge in [0.2, 0.25) is 21.7 Å². The molecule has 1 aromatic carbocycles. The van der Waals surface area contributed by atoms with Crippen LogP contribution < -0.4 is 9.88 Å². The van der Waals surface area contributed by atoms with E-state index in [0.29, 0.717) is 24.6 Å². The highest BCUT2D eigenvalue weighted by molar-refractivity contribution is 7.89. The molecule has 3 aromatic rings. The number of pyridine rings is 1. The van der Waals surface area contributed by atoms with E-state index in [-0.39, 0.29) is 22.8 Å². The van der Waals surface area contributed by atoms with Crippen molar-refractivity contribution in [3.8, 4) is 17.1 Å². The summed E-state index contributed by atoms with van der Waals surface area (Å²) in [7, 11) is -2.74. The second-order valence-electron chi connectivity index (χ2n) is 5.90. The normalized spacial score (nSPS) is 11.2. The minimum atomic E-state index is -4.05. The summed E-state index contributed by atoms with van der Waals surface area (Å²) in [6, 6.07) is 7.44. The third kappa shape index (κ3) is 5.15. The number of benzene rings is 1. The number of primary sulfonamides is 1. The first-order chi connectivity index (χ1) is 13.9. The van der Waals surface area contributed by atoms with E-state index in [2.05, 4.69) is 15.1 Å². The van der Waals surface area contributed by atoms with Gasteiger partial charge in [-0.1, -0.05) is 5.16 Å². The van der Waals surface area contributed by atoms with Crippen LogP contribution in [0.5, 0.6) is 5.75 Å². The van der Waals surface area contributed by atoms with E-state index in [0.717, 1.165) is 11.6 Å². The van der Waals surface area contributed by atoms with Gasteiger partial charge in [-0.3, -0.25) is 4.98 Å². The van der Waals surface area contributed by atoms with Gasteiger partial charge in [0.05, 0.1) is 19.3 Å². The van der Waals surface area contributed by atoms with Crippen LogP contribution in [0, 0.1) is 0 Å². The monoisotopic (exact) mass is 418 g/mol. The number of hydrogen-bond acceptors (Lipinski definition) is 9. The lowest BCUT2D eigenvalue weighted by atomic mass is 10.2. The quantitative estimate of drug-likeness (QED) is 0.425. The summed E-state index contributed by atoms with van der Waals surface area (Å²) < 4.78 is 38.5. The third-order valence-electron chi connectivity index (χ3n) is 3.86. The molecule has 3 rings (SSSR count). The second kappa shape index (κ2) is 8.80. The molecule has 11 heteroatoms. The minimum absolute atomic E-state index is 0.0462. The number of esters is 1. The Labute approximate surface area is 166 Å². The molecule has 2 N–H and O–H groups in total. The summed E-state index contributed by atoms with van der Waals surface area (Å²) in [6.07, 6.45) is 4.12. The van der Waals surface area contributed by atoms with Crippen molar-refractivity contribution in [2.75, 3.05) is 13.7 Å². The first kappa shape index (κ1) is 20.4. The molecule has 0 aliphatic heterocycles. The summed E-state index contributed by atoms with van der Waals surface area (Å²) in [5.41, 5.74) is 0.783. The minimum Gasteiger partial charge on any atom is -0.495 e. The maximum atomic E-state index is 12.2. The van der Waals surface area contributed by atoms with Crippen molar-refractivity contribution in [2.45, 2.75) is 17.7 Å². The fourth-order valence-corrected chi connectivity index (χ4v) is 3.19. The molecule has 2 heterocycles. The Morgan fingerprint density at radius 3 is 2.79 bits per heavy atom. The molecule has 2 aromatic heterocycles. The number of nitrogens with two attached hydrogens (primary N) is 1. The highest BCUT2D eigenvalue weighted by Crippen LogP contribution is 2.24. The van der Waals surface area contributed by atoms with Gasteiger partial charge in [0.25, 0.3) is 0 Å². The number of carbonyl (C=O) groups excluding carboxylic acids is 1. The number of aromatic nitrogens is 3. The molecular formula is C18H18N4O6S. The van der Waals surface area contributed by atoms with E-state index in [1.165, 1.54) is 19.2 Å². The van der Waals surface area contributed by atoms with E-state index in [9.17, 15) is 13.2 Å². The lowest BCUT2D eigenvalue weighted by molar-refractivity contribution is 0.0498. The standard InChI is InChI=1S/C18H18N4O6S/c1-26-14-7-6-12(10-15(14)29(19,24)25)18(23)27-9-3-5-16-21-17(22-28-16)13-4-2-8-20-11-13/h2,4,6-8,10-11H,3,5,9H2,1H3,(H2,19,24,25). The molecule has 0 bridgehead atoms. The summed E-state index contributed by atoms with van der Waals surface area (Å²) in [4.78, 5) is 20.1. The van der Waals surface area contributed by atoms with Crippen LogP contribution in [0.1, 0.15) is 22.7 Å². The number of ether oxygens (including phenoxy) is 2. The van der Waals surface area contributed by atoms with Crippen LogP contribution in [0.25, 0.3) is 11.4 Å². The van der Waals surface area contributed by atoms with E-state index in [4.69, 9.17) is 19.1 Å². The lowest BCUT2D eigenvalue weighted by Gasteiger charge is -2.09. The molecular weight excluding hydrogens is 400 g/mol. The Balaban J connectivity index is 1.55. The number of nitrogens with zero attached hydrogens (tertiary/aromatic N) is 3. The van der Waals surface area contributed by atoms with Gasteiger partial charge in [0.15, 0.2) is 0 Å². The highest BCUT2D eigenvalue weighted by Gasteiger charge is 2.19. The summed E-state index contributed by atoms with van der Waals surface area (Å²) in [5, 5.41) is 9.03. The third-order valence-corrected chi connectivity index (χ3v) is 4.79. The second-order valence-corrected chi connectivity index (χ2v) is 7.43. The van der Waals surface area contributed by atoms with Gasteiger partial charge >= 0.3 is 5.97 Å². The van der Waals surface area contributed by atoms with E-state index in [1.54, 1.807) is 18.5 Å². The lowest BCUT2D eigenvalue weighted by Crippen LogP contribution is -2.15. The Morgan fingerprint density at radius 2 is 2.10 bits per heavy atom. The number of hydrogen-bond donors (Lipinski definition) is 1. The first-order valence-electron chi connectivity index (χ1n) is 8.49. The largest absolute Gasteiger partial charge is 0.495 e. The highest BCUT2D eigenvalue weighted by atomic mass is 32.2. The van der Waals surface area contributed by atoms with Crippen LogP contribution in [-0.2, 0) is 21.2 Å². The van der Waals surface area contributed by atoms with Crippen LogP contribution in [0.15, 0.2) is 52.1 Å². The van der Waals surface area contributed by atoms with Crippen molar-refractivity contribution in [3.05, 3.63) is 54.2 Å². The Hall–Kier alpha value is -3.31. The maximum absolute atomic E-state index is 12.2. The number of methoxy groups -OCH3 is 1. The van der Waals surface area contributed by atoms with E-state index in [1.807, 2.05) is 6.07 Å². The van der Waals surface area contributed by atoms with Gasteiger partial charge in [0.1, 0.15) is 10.6 Å². The van der Waals surface area contributed by atoms with Crippen molar-refractivity contribution >= 4 is 16.0 Å². The zero-order valence-corrected chi connectivity index (χ0v) is 16.3. The average molecular weight is 418 g/mol. The first-order valence-corrected chi connectivity index (χ1v) is 10.0. The SMILES string of the molecule is COc1ccc(C(=O)OCCCc2nc(-c3cccnc3)no2)cc1S(N)(=O)=O. The fourth-order valence-electron chi connectivity index (χ4n) is 2.47. The molecule has 0 spiro atoms. The molecule has 0 aliphatic rings. The molecule has 0 atom stereocenters. The van der Waals surface area contributed by atoms with Crippen LogP contribution in [-0.4, -0.2) is 43.2 Å². The summed E-state index contributed by atoms with van der Waals surface area (Å²) >= 11 is 0. The van der Waals surface area contributed by atoms with E-state index < -0.39 is 16.0 Å². The molecule has 0 fully saturated rings. The van der Waals surface area contributed by atoms with Crippen molar-refractivity contribution in [1.82, 2.24) is 15.1 Å². The summed E-state index contributed by atoms with van der Waals surface area (Å²) in [6.45, 7) is 0.0835. The Bertz CT molecular complexity index is 1100. The van der Waals surface area contributed by atoms with Gasteiger partial charge < -0.3 is 14.0 Å².